The van der Waals surface area contributed by atoms with E-state index in [4.69, 9.17) is 16.2 Å². The zero-order valence-electron chi connectivity index (χ0n) is 8.28. The zero-order chi connectivity index (χ0) is 10.7. The summed E-state index contributed by atoms with van der Waals surface area (Å²) < 4.78 is 4.97. The Hall–Kier alpha value is -1.55. The van der Waals surface area contributed by atoms with E-state index in [2.05, 4.69) is 0 Å². The highest BCUT2D eigenvalue weighted by molar-refractivity contribution is 6.04. The molecule has 1 unspecified atom stereocenters. The van der Waals surface area contributed by atoms with E-state index in [-0.39, 0.29) is 5.78 Å². The van der Waals surface area contributed by atoms with Crippen molar-refractivity contribution in [3.05, 3.63) is 23.8 Å². The third-order valence-electron chi connectivity index (χ3n) is 1.94. The molecule has 0 aliphatic carbocycles. The lowest BCUT2D eigenvalue weighted by Crippen LogP contribution is -2.27. The fourth-order valence-corrected chi connectivity index (χ4v) is 1.14. The summed E-state index contributed by atoms with van der Waals surface area (Å²) in [6.45, 7) is 1.63. The van der Waals surface area contributed by atoms with Gasteiger partial charge in [0.05, 0.1) is 13.2 Å². The molecule has 0 saturated carbocycles. The summed E-state index contributed by atoms with van der Waals surface area (Å²) in [5.74, 6) is 0.467. The van der Waals surface area contributed by atoms with Gasteiger partial charge < -0.3 is 16.2 Å². The molecule has 0 bridgehead atoms. The largest absolute Gasteiger partial charge is 0.497 e. The molecule has 1 atom stereocenters. The van der Waals surface area contributed by atoms with Crippen LogP contribution < -0.4 is 16.2 Å². The number of hydrogen-bond acceptors (Lipinski definition) is 4. The van der Waals surface area contributed by atoms with Crippen LogP contribution in [0.25, 0.3) is 0 Å². The molecule has 4 heteroatoms. The maximum atomic E-state index is 11.5. The van der Waals surface area contributed by atoms with E-state index in [1.807, 2.05) is 0 Å². The molecule has 0 spiro atoms. The van der Waals surface area contributed by atoms with Gasteiger partial charge in [-0.1, -0.05) is 0 Å². The highest BCUT2D eigenvalue weighted by atomic mass is 16.5. The van der Waals surface area contributed by atoms with Gasteiger partial charge in [0.15, 0.2) is 5.78 Å². The van der Waals surface area contributed by atoms with Crippen molar-refractivity contribution in [3.63, 3.8) is 0 Å². The van der Waals surface area contributed by atoms with Crippen LogP contribution in [0.3, 0.4) is 0 Å². The molecule has 0 saturated heterocycles. The van der Waals surface area contributed by atoms with Crippen molar-refractivity contribution < 1.29 is 9.53 Å². The number of Topliss-reactive ketones (excluding diaryl/α,β-unsaturated/α-hetero) is 1. The molecule has 0 heterocycles. The van der Waals surface area contributed by atoms with Crippen molar-refractivity contribution in [2.75, 3.05) is 12.8 Å². The summed E-state index contributed by atoms with van der Waals surface area (Å²) in [4.78, 5) is 11.5. The molecule has 1 aromatic rings. The molecule has 0 aliphatic heterocycles. The Labute approximate surface area is 82.8 Å². The first-order chi connectivity index (χ1) is 6.56. The molecule has 14 heavy (non-hydrogen) atoms. The molecule has 0 aliphatic rings. The lowest BCUT2D eigenvalue weighted by atomic mass is 10.0. The third kappa shape index (κ3) is 2.03. The van der Waals surface area contributed by atoms with Gasteiger partial charge in [-0.25, -0.2) is 0 Å². The quantitative estimate of drug-likeness (QED) is 0.551. The topological polar surface area (TPSA) is 78.3 Å². The molecular formula is C10H14N2O2. The number of hydrogen-bond donors (Lipinski definition) is 2. The Morgan fingerprint density at radius 3 is 2.57 bits per heavy atom. The summed E-state index contributed by atoms with van der Waals surface area (Å²) in [7, 11) is 1.54. The first kappa shape index (κ1) is 10.5. The number of methoxy groups -OCH3 is 1. The Balaban J connectivity index is 3.06. The van der Waals surface area contributed by atoms with E-state index in [0.717, 1.165) is 0 Å². The Kier molecular flexibility index (Phi) is 3.09. The van der Waals surface area contributed by atoms with Gasteiger partial charge in [0, 0.05) is 17.3 Å². The van der Waals surface area contributed by atoms with Crippen molar-refractivity contribution in [3.8, 4) is 5.75 Å². The van der Waals surface area contributed by atoms with E-state index in [1.54, 1.807) is 32.2 Å². The summed E-state index contributed by atoms with van der Waals surface area (Å²) in [5, 5.41) is 0. The number of carbonyl (C=O) groups is 1. The summed E-state index contributed by atoms with van der Waals surface area (Å²) >= 11 is 0. The van der Waals surface area contributed by atoms with E-state index >= 15 is 0 Å². The fraction of sp³-hybridized carbons (Fsp3) is 0.300. The van der Waals surface area contributed by atoms with Crippen LogP contribution in [0.15, 0.2) is 18.2 Å². The monoisotopic (exact) mass is 194 g/mol. The number of carbonyl (C=O) groups excluding carboxylic acids is 1. The smallest absolute Gasteiger partial charge is 0.181 e. The number of benzene rings is 1. The normalized spacial score (nSPS) is 12.2. The highest BCUT2D eigenvalue weighted by Gasteiger charge is 2.13. The van der Waals surface area contributed by atoms with E-state index < -0.39 is 6.04 Å². The molecule has 1 rings (SSSR count). The van der Waals surface area contributed by atoms with E-state index in [1.165, 1.54) is 0 Å². The highest BCUT2D eigenvalue weighted by Crippen LogP contribution is 2.20. The molecule has 0 fully saturated rings. The molecule has 0 amide bonds. The van der Waals surface area contributed by atoms with Crippen LogP contribution in [0.4, 0.5) is 5.69 Å². The first-order valence-electron chi connectivity index (χ1n) is 4.29. The second-order valence-corrected chi connectivity index (χ2v) is 3.11. The summed E-state index contributed by atoms with van der Waals surface area (Å²) in [6, 6.07) is 4.38. The average Bonchev–Trinajstić information content (AvgIpc) is 2.16. The molecule has 0 radical (unpaired) electrons. The SMILES string of the molecule is COc1ccc(C(=O)C(C)N)c(N)c1. The second-order valence-electron chi connectivity index (χ2n) is 3.11. The van der Waals surface area contributed by atoms with Gasteiger partial charge in [-0.2, -0.15) is 0 Å². The van der Waals surface area contributed by atoms with Crippen molar-refractivity contribution in [2.24, 2.45) is 5.73 Å². The average molecular weight is 194 g/mol. The Bertz CT molecular complexity index is 348. The fourth-order valence-electron chi connectivity index (χ4n) is 1.14. The van der Waals surface area contributed by atoms with Gasteiger partial charge in [-0.3, -0.25) is 4.79 Å². The van der Waals surface area contributed by atoms with Gasteiger partial charge >= 0.3 is 0 Å². The maximum Gasteiger partial charge on any atom is 0.181 e. The van der Waals surface area contributed by atoms with E-state index in [0.29, 0.717) is 17.0 Å². The molecule has 1 aromatic carbocycles. The number of ketones is 1. The van der Waals surface area contributed by atoms with Crippen LogP contribution in [-0.2, 0) is 0 Å². The van der Waals surface area contributed by atoms with Crippen LogP contribution in [-0.4, -0.2) is 18.9 Å². The van der Waals surface area contributed by atoms with Crippen molar-refractivity contribution >= 4 is 11.5 Å². The van der Waals surface area contributed by atoms with Gasteiger partial charge in [-0.15, -0.1) is 0 Å². The molecule has 76 valence electrons. The molecule has 4 N–H and O–H groups in total. The predicted molar refractivity (Wildman–Crippen MR) is 55.4 cm³/mol. The molecule has 0 aromatic heterocycles. The number of anilines is 1. The summed E-state index contributed by atoms with van der Waals surface area (Å²) in [6.07, 6.45) is 0. The predicted octanol–water partition coefficient (Wildman–Crippen LogP) is 0.807. The number of nitrogens with two attached hydrogens (primary N) is 2. The van der Waals surface area contributed by atoms with Crippen LogP contribution in [0.2, 0.25) is 0 Å². The minimum absolute atomic E-state index is 0.162. The van der Waals surface area contributed by atoms with Crippen molar-refractivity contribution in [1.82, 2.24) is 0 Å². The van der Waals surface area contributed by atoms with E-state index in [9.17, 15) is 4.79 Å². The minimum atomic E-state index is -0.536. The first-order valence-corrected chi connectivity index (χ1v) is 4.29. The van der Waals surface area contributed by atoms with Crippen LogP contribution >= 0.6 is 0 Å². The summed E-state index contributed by atoms with van der Waals surface area (Å²) in [5.41, 5.74) is 12.0. The standard InChI is InChI=1S/C10H14N2O2/c1-6(11)10(13)8-4-3-7(14-2)5-9(8)12/h3-6H,11-12H2,1-2H3. The third-order valence-corrected chi connectivity index (χ3v) is 1.94. The van der Waals surface area contributed by atoms with Gasteiger partial charge in [0.1, 0.15) is 5.75 Å². The zero-order valence-corrected chi connectivity index (χ0v) is 8.28. The second kappa shape index (κ2) is 4.11. The van der Waals surface area contributed by atoms with Crippen LogP contribution in [0.1, 0.15) is 17.3 Å². The van der Waals surface area contributed by atoms with Gasteiger partial charge in [0.2, 0.25) is 0 Å². The molecule has 4 nitrogen and oxygen atoms in total. The van der Waals surface area contributed by atoms with Crippen molar-refractivity contribution in [1.29, 1.82) is 0 Å². The molecular weight excluding hydrogens is 180 g/mol. The van der Waals surface area contributed by atoms with Gasteiger partial charge in [0.25, 0.3) is 0 Å². The van der Waals surface area contributed by atoms with Crippen LogP contribution in [0, 0.1) is 0 Å². The maximum absolute atomic E-state index is 11.5. The Morgan fingerprint density at radius 2 is 2.14 bits per heavy atom. The Morgan fingerprint density at radius 1 is 1.50 bits per heavy atom. The number of ether oxygens (including phenoxy) is 1. The number of nitrogen functional groups attached to an aromatic ring is 1. The van der Waals surface area contributed by atoms with Crippen molar-refractivity contribution in [2.45, 2.75) is 13.0 Å². The minimum Gasteiger partial charge on any atom is -0.497 e. The van der Waals surface area contributed by atoms with Gasteiger partial charge in [-0.05, 0) is 19.1 Å². The number of rotatable bonds is 3. The lowest BCUT2D eigenvalue weighted by Gasteiger charge is -2.08. The van der Waals surface area contributed by atoms with Crippen LogP contribution in [0.5, 0.6) is 5.75 Å². The lowest BCUT2D eigenvalue weighted by molar-refractivity contribution is 0.0969.